The van der Waals surface area contributed by atoms with Gasteiger partial charge in [0, 0.05) is 44.2 Å². The molecule has 0 fully saturated rings. The number of anilines is 3. The molecule has 11 rings (SSSR count). The monoisotopic (exact) mass is 676 g/mol. The number of hydrogen-bond acceptors (Lipinski definition) is 2. The molecular weight excluding hydrogens is 645 g/mol. The van der Waals surface area contributed by atoms with Crippen LogP contribution < -0.4 is 4.90 Å². The molecule has 2 aromatic heterocycles. The number of furan rings is 1. The molecule has 0 spiro atoms. The lowest BCUT2D eigenvalue weighted by Crippen LogP contribution is -2.11. The van der Waals surface area contributed by atoms with Crippen LogP contribution in [-0.4, -0.2) is 4.57 Å². The van der Waals surface area contributed by atoms with Crippen molar-refractivity contribution in [3.8, 4) is 16.8 Å². The minimum atomic E-state index is 0.881. The first-order valence-electron chi connectivity index (χ1n) is 18.1. The molecule has 0 aliphatic rings. The molecule has 0 bridgehead atoms. The van der Waals surface area contributed by atoms with Gasteiger partial charge in [0.2, 0.25) is 0 Å². The lowest BCUT2D eigenvalue weighted by molar-refractivity contribution is 0.669. The summed E-state index contributed by atoms with van der Waals surface area (Å²) in [5.74, 6) is 0. The largest absolute Gasteiger partial charge is 0.456 e. The number of rotatable bonds is 5. The Bertz CT molecular complexity index is 3190. The van der Waals surface area contributed by atoms with E-state index in [0.29, 0.717) is 0 Å². The number of hydrogen-bond donors (Lipinski definition) is 0. The molecule has 0 unspecified atom stereocenters. The number of fused-ring (bicyclic) bond motifs is 9. The quantitative estimate of drug-likeness (QED) is 0.181. The van der Waals surface area contributed by atoms with E-state index in [9.17, 15) is 0 Å². The van der Waals surface area contributed by atoms with Gasteiger partial charge in [-0.05, 0) is 93.8 Å². The highest BCUT2D eigenvalue weighted by molar-refractivity contribution is 6.22. The van der Waals surface area contributed by atoms with Gasteiger partial charge in [-0.2, -0.15) is 0 Å². The fourth-order valence-corrected chi connectivity index (χ4v) is 8.32. The van der Waals surface area contributed by atoms with Crippen molar-refractivity contribution in [3.05, 3.63) is 194 Å². The predicted molar refractivity (Wildman–Crippen MR) is 223 cm³/mol. The van der Waals surface area contributed by atoms with Gasteiger partial charge in [0.25, 0.3) is 0 Å². The Morgan fingerprint density at radius 3 is 1.92 bits per heavy atom. The molecule has 3 nitrogen and oxygen atoms in total. The van der Waals surface area contributed by atoms with Gasteiger partial charge in [0.15, 0.2) is 0 Å². The third-order valence-electron chi connectivity index (χ3n) is 10.7. The first-order chi connectivity index (χ1) is 26.3. The van der Waals surface area contributed by atoms with Crippen LogP contribution in [0.3, 0.4) is 0 Å². The Hall–Kier alpha value is -7.10. The maximum absolute atomic E-state index is 6.29. The van der Waals surface area contributed by atoms with Crippen LogP contribution in [0.1, 0.15) is 0 Å². The standard InChI is InChI=1S/C50H32N2O/c1-2-13-34(14-3-1)40-17-8-10-20-45(40)51(39-26-29-49-43(31-39)42-19-9-11-21-48(42)53-49)38-25-28-46-44(32-38)50-41-18-7-6-15-35(41)23-27-47(50)52(46)37-24-22-33-12-4-5-16-36(33)30-37/h1-32H. The molecule has 53 heavy (non-hydrogen) atoms. The van der Waals surface area contributed by atoms with Crippen molar-refractivity contribution in [1.82, 2.24) is 4.57 Å². The zero-order valence-electron chi connectivity index (χ0n) is 28.8. The molecule has 2 heterocycles. The number of nitrogens with zero attached hydrogens (tertiary/aromatic N) is 2. The van der Waals surface area contributed by atoms with E-state index in [4.69, 9.17) is 4.42 Å². The molecule has 0 aliphatic carbocycles. The van der Waals surface area contributed by atoms with Crippen molar-refractivity contribution in [2.24, 2.45) is 0 Å². The average Bonchev–Trinajstić information content (AvgIpc) is 3.77. The maximum Gasteiger partial charge on any atom is 0.135 e. The van der Waals surface area contributed by atoms with Crippen molar-refractivity contribution >= 4 is 82.4 Å². The van der Waals surface area contributed by atoms with Crippen LogP contribution in [0.25, 0.3) is 82.1 Å². The second kappa shape index (κ2) is 11.7. The third-order valence-corrected chi connectivity index (χ3v) is 10.7. The molecule has 0 saturated heterocycles. The van der Waals surface area contributed by atoms with E-state index in [1.807, 2.05) is 12.1 Å². The summed E-state index contributed by atoms with van der Waals surface area (Å²) >= 11 is 0. The van der Waals surface area contributed by atoms with E-state index in [-0.39, 0.29) is 0 Å². The fraction of sp³-hybridized carbons (Fsp3) is 0. The van der Waals surface area contributed by atoms with Crippen LogP contribution in [0.2, 0.25) is 0 Å². The SMILES string of the molecule is c1ccc(-c2ccccc2N(c2ccc3oc4ccccc4c3c2)c2ccc3c(c2)c2c4ccccc4ccc2n3-c2ccc3ccccc3c2)cc1. The van der Waals surface area contributed by atoms with Crippen LogP contribution in [0.4, 0.5) is 17.1 Å². The predicted octanol–water partition coefficient (Wildman–Crippen LogP) is 14.1. The highest BCUT2D eigenvalue weighted by Crippen LogP contribution is 2.45. The van der Waals surface area contributed by atoms with Crippen LogP contribution in [0, 0.1) is 0 Å². The van der Waals surface area contributed by atoms with Crippen LogP contribution in [0.5, 0.6) is 0 Å². The highest BCUT2D eigenvalue weighted by atomic mass is 16.3. The topological polar surface area (TPSA) is 21.3 Å². The Balaban J connectivity index is 1.21. The van der Waals surface area contributed by atoms with Crippen LogP contribution in [-0.2, 0) is 0 Å². The van der Waals surface area contributed by atoms with E-state index >= 15 is 0 Å². The molecule has 0 aliphatic heterocycles. The molecule has 0 saturated carbocycles. The Morgan fingerprint density at radius 1 is 0.396 bits per heavy atom. The molecule has 0 atom stereocenters. The van der Waals surface area contributed by atoms with Crippen molar-refractivity contribution in [2.45, 2.75) is 0 Å². The van der Waals surface area contributed by atoms with E-state index < -0.39 is 0 Å². The second-order valence-electron chi connectivity index (χ2n) is 13.7. The van der Waals surface area contributed by atoms with Gasteiger partial charge in [-0.25, -0.2) is 0 Å². The minimum absolute atomic E-state index is 0.881. The zero-order valence-corrected chi connectivity index (χ0v) is 28.8. The molecule has 0 N–H and O–H groups in total. The van der Waals surface area contributed by atoms with Gasteiger partial charge in [0.05, 0.1) is 16.7 Å². The summed E-state index contributed by atoms with van der Waals surface area (Å²) in [5.41, 5.74) is 10.9. The fourth-order valence-electron chi connectivity index (χ4n) is 8.32. The molecule has 0 amide bonds. The van der Waals surface area contributed by atoms with Gasteiger partial charge in [-0.15, -0.1) is 0 Å². The van der Waals surface area contributed by atoms with Crippen molar-refractivity contribution < 1.29 is 4.42 Å². The summed E-state index contributed by atoms with van der Waals surface area (Å²) < 4.78 is 8.72. The van der Waals surface area contributed by atoms with Crippen molar-refractivity contribution in [3.63, 3.8) is 0 Å². The maximum atomic E-state index is 6.29. The highest BCUT2D eigenvalue weighted by Gasteiger charge is 2.22. The van der Waals surface area contributed by atoms with Gasteiger partial charge in [-0.3, -0.25) is 0 Å². The van der Waals surface area contributed by atoms with E-state index in [0.717, 1.165) is 50.3 Å². The van der Waals surface area contributed by atoms with Gasteiger partial charge < -0.3 is 13.9 Å². The number of benzene rings is 9. The lowest BCUT2D eigenvalue weighted by Gasteiger charge is -2.28. The first kappa shape index (κ1) is 29.6. The van der Waals surface area contributed by atoms with Gasteiger partial charge in [-0.1, -0.05) is 127 Å². The van der Waals surface area contributed by atoms with Gasteiger partial charge >= 0.3 is 0 Å². The average molecular weight is 677 g/mol. The number of aromatic nitrogens is 1. The summed E-state index contributed by atoms with van der Waals surface area (Å²) in [5, 5.41) is 9.60. The van der Waals surface area contributed by atoms with Gasteiger partial charge in [0.1, 0.15) is 11.2 Å². The first-order valence-corrected chi connectivity index (χ1v) is 18.1. The molecular formula is C50H32N2O. The summed E-state index contributed by atoms with van der Waals surface area (Å²) in [7, 11) is 0. The molecule has 9 aromatic carbocycles. The Labute approximate surface area is 306 Å². The van der Waals surface area contributed by atoms with Crippen molar-refractivity contribution in [2.75, 3.05) is 4.90 Å². The molecule has 3 heteroatoms. The molecule has 248 valence electrons. The van der Waals surface area contributed by atoms with E-state index in [1.165, 1.54) is 48.9 Å². The number of para-hydroxylation sites is 2. The normalized spacial score (nSPS) is 11.8. The molecule has 0 radical (unpaired) electrons. The van der Waals surface area contributed by atoms with E-state index in [2.05, 4.69) is 191 Å². The summed E-state index contributed by atoms with van der Waals surface area (Å²) in [4.78, 5) is 2.41. The van der Waals surface area contributed by atoms with Crippen LogP contribution in [0.15, 0.2) is 199 Å². The minimum Gasteiger partial charge on any atom is -0.456 e. The van der Waals surface area contributed by atoms with Crippen LogP contribution >= 0.6 is 0 Å². The summed E-state index contributed by atoms with van der Waals surface area (Å²) in [6, 6.07) is 69.9. The molecule has 11 aromatic rings. The Kier molecular flexibility index (Phi) is 6.55. The summed E-state index contributed by atoms with van der Waals surface area (Å²) in [6.07, 6.45) is 0. The Morgan fingerprint density at radius 2 is 1.04 bits per heavy atom. The smallest absolute Gasteiger partial charge is 0.135 e. The van der Waals surface area contributed by atoms with Crippen molar-refractivity contribution in [1.29, 1.82) is 0 Å². The third kappa shape index (κ3) is 4.68. The zero-order chi connectivity index (χ0) is 34.9. The lowest BCUT2D eigenvalue weighted by atomic mass is 10.0. The van der Waals surface area contributed by atoms with E-state index in [1.54, 1.807) is 0 Å². The second-order valence-corrected chi connectivity index (χ2v) is 13.7. The summed E-state index contributed by atoms with van der Waals surface area (Å²) in [6.45, 7) is 0.